The van der Waals surface area contributed by atoms with Crippen molar-refractivity contribution in [2.75, 3.05) is 12.8 Å². The van der Waals surface area contributed by atoms with Crippen LogP contribution in [0.1, 0.15) is 21.6 Å². The molecule has 3 aromatic rings. The molecule has 1 heterocycles. The Hall–Kier alpha value is -2.60. The molecule has 6 heteroatoms. The molecule has 0 bridgehead atoms. The maximum absolute atomic E-state index is 12.4. The van der Waals surface area contributed by atoms with Crippen LogP contribution in [-0.4, -0.2) is 28.3 Å². The number of carbonyl (C=O) groups is 1. The number of aryl methyl sites for hydroxylation is 2. The molecule has 0 spiro atoms. The second-order valence-electron chi connectivity index (χ2n) is 6.12. The first-order valence-electron chi connectivity index (χ1n) is 8.38. The van der Waals surface area contributed by atoms with Crippen molar-refractivity contribution in [2.24, 2.45) is 7.05 Å². The highest BCUT2D eigenvalue weighted by Crippen LogP contribution is 2.15. The average molecular weight is 367 g/mol. The minimum Gasteiger partial charge on any atom is -0.352 e. The number of amides is 1. The van der Waals surface area contributed by atoms with E-state index in [1.54, 1.807) is 48.5 Å². The van der Waals surface area contributed by atoms with E-state index in [0.29, 0.717) is 28.8 Å². The summed E-state index contributed by atoms with van der Waals surface area (Å²) in [6.07, 6.45) is 2.83. The van der Waals surface area contributed by atoms with Crippen molar-refractivity contribution in [3.05, 3.63) is 69.6 Å². The third kappa shape index (κ3) is 3.80. The third-order valence-electron chi connectivity index (χ3n) is 4.36. The maximum Gasteiger partial charge on any atom is 0.272 e. The summed E-state index contributed by atoms with van der Waals surface area (Å²) in [6.45, 7) is 2.24. The molecule has 0 aliphatic carbocycles. The molecule has 3 rings (SSSR count). The van der Waals surface area contributed by atoms with Crippen LogP contribution in [0.5, 0.6) is 0 Å². The number of thioether (sulfide) groups is 1. The van der Waals surface area contributed by atoms with E-state index in [1.165, 1.54) is 10.5 Å². The molecule has 5 nitrogen and oxygen atoms in total. The molecular formula is C20H21N3O2S. The topological polar surface area (TPSA) is 64.0 Å². The number of hydrogen-bond acceptors (Lipinski definition) is 4. The van der Waals surface area contributed by atoms with Gasteiger partial charge in [-0.1, -0.05) is 12.1 Å². The Balaban J connectivity index is 1.69. The van der Waals surface area contributed by atoms with Crippen molar-refractivity contribution in [2.45, 2.75) is 18.2 Å². The Morgan fingerprint density at radius 3 is 2.62 bits per heavy atom. The Morgan fingerprint density at radius 1 is 1.19 bits per heavy atom. The van der Waals surface area contributed by atoms with Crippen LogP contribution in [0.3, 0.4) is 0 Å². The molecule has 0 atom stereocenters. The second kappa shape index (κ2) is 7.74. The predicted octanol–water partition coefficient (Wildman–Crippen LogP) is 2.94. The van der Waals surface area contributed by atoms with Gasteiger partial charge in [0.2, 0.25) is 0 Å². The fourth-order valence-electron chi connectivity index (χ4n) is 2.83. The van der Waals surface area contributed by atoms with Crippen LogP contribution < -0.4 is 10.9 Å². The van der Waals surface area contributed by atoms with Crippen molar-refractivity contribution >= 4 is 28.7 Å². The zero-order valence-electron chi connectivity index (χ0n) is 15.1. The minimum atomic E-state index is -0.138. The van der Waals surface area contributed by atoms with E-state index >= 15 is 0 Å². The van der Waals surface area contributed by atoms with Crippen molar-refractivity contribution < 1.29 is 4.79 Å². The molecule has 0 saturated heterocycles. The van der Waals surface area contributed by atoms with Crippen molar-refractivity contribution in [3.63, 3.8) is 0 Å². The highest BCUT2D eigenvalue weighted by atomic mass is 32.2. The lowest BCUT2D eigenvalue weighted by molar-refractivity contribution is 0.0954. The number of nitrogens with zero attached hydrogens (tertiary/aromatic N) is 2. The minimum absolute atomic E-state index is 0.123. The number of rotatable bonds is 5. The van der Waals surface area contributed by atoms with Crippen molar-refractivity contribution in [1.29, 1.82) is 0 Å². The summed E-state index contributed by atoms with van der Waals surface area (Å²) in [6, 6.07) is 13.6. The molecule has 1 N–H and O–H groups in total. The lowest BCUT2D eigenvalue weighted by Crippen LogP contribution is -2.26. The molecule has 0 radical (unpaired) electrons. The number of carbonyl (C=O) groups excluding carboxylic acids is 1. The standard InChI is InChI=1S/C20H21N3O2S/c1-13-20(25)23(2)18-9-6-15(12-17(18)22-13)19(24)21-11-10-14-4-7-16(26-3)8-5-14/h4-9,12H,10-11H2,1-3H3,(H,21,24). The highest BCUT2D eigenvalue weighted by molar-refractivity contribution is 7.98. The van der Waals surface area contributed by atoms with Crippen LogP contribution in [-0.2, 0) is 13.5 Å². The zero-order valence-corrected chi connectivity index (χ0v) is 15.9. The van der Waals surface area contributed by atoms with Gasteiger partial charge < -0.3 is 9.88 Å². The van der Waals surface area contributed by atoms with Gasteiger partial charge in [-0.3, -0.25) is 9.59 Å². The van der Waals surface area contributed by atoms with E-state index in [1.807, 2.05) is 6.26 Å². The Morgan fingerprint density at radius 2 is 1.92 bits per heavy atom. The largest absolute Gasteiger partial charge is 0.352 e. The molecule has 26 heavy (non-hydrogen) atoms. The second-order valence-corrected chi connectivity index (χ2v) is 7.00. The van der Waals surface area contributed by atoms with E-state index in [-0.39, 0.29) is 11.5 Å². The third-order valence-corrected chi connectivity index (χ3v) is 5.10. The fourth-order valence-corrected chi connectivity index (χ4v) is 3.24. The van der Waals surface area contributed by atoms with Crippen molar-refractivity contribution in [3.8, 4) is 0 Å². The molecular weight excluding hydrogens is 346 g/mol. The van der Waals surface area contributed by atoms with Crippen LogP contribution in [0, 0.1) is 6.92 Å². The van der Waals surface area contributed by atoms with Gasteiger partial charge in [0.25, 0.3) is 11.5 Å². The summed E-state index contributed by atoms with van der Waals surface area (Å²) in [5.41, 5.74) is 3.39. The fraction of sp³-hybridized carbons (Fsp3) is 0.250. The van der Waals surface area contributed by atoms with E-state index in [0.717, 1.165) is 6.42 Å². The molecule has 0 fully saturated rings. The van der Waals surface area contributed by atoms with Gasteiger partial charge in [-0.05, 0) is 55.5 Å². The van der Waals surface area contributed by atoms with Crippen LogP contribution in [0.25, 0.3) is 11.0 Å². The molecule has 0 aliphatic heterocycles. The van der Waals surface area contributed by atoms with Gasteiger partial charge in [-0.2, -0.15) is 0 Å². The van der Waals surface area contributed by atoms with Crippen LogP contribution >= 0.6 is 11.8 Å². The van der Waals surface area contributed by atoms with Gasteiger partial charge in [0, 0.05) is 24.1 Å². The number of nitrogens with one attached hydrogen (secondary N) is 1. The molecule has 134 valence electrons. The number of fused-ring (bicyclic) bond motifs is 1. The molecule has 1 aromatic heterocycles. The Kier molecular flexibility index (Phi) is 5.42. The number of hydrogen-bond donors (Lipinski definition) is 1. The van der Waals surface area contributed by atoms with E-state index in [4.69, 9.17) is 0 Å². The SMILES string of the molecule is CSc1ccc(CCNC(=O)c2ccc3c(c2)nc(C)c(=O)n3C)cc1. The lowest BCUT2D eigenvalue weighted by atomic mass is 10.1. The lowest BCUT2D eigenvalue weighted by Gasteiger charge is -2.09. The summed E-state index contributed by atoms with van der Waals surface area (Å²) >= 11 is 1.71. The molecule has 0 aliphatic rings. The molecule has 2 aromatic carbocycles. The summed E-state index contributed by atoms with van der Waals surface area (Å²) in [5, 5.41) is 2.94. The van der Waals surface area contributed by atoms with E-state index in [2.05, 4.69) is 34.6 Å². The van der Waals surface area contributed by atoms with Crippen LogP contribution in [0.4, 0.5) is 0 Å². The van der Waals surface area contributed by atoms with Crippen LogP contribution in [0.2, 0.25) is 0 Å². The predicted molar refractivity (Wildman–Crippen MR) is 106 cm³/mol. The highest BCUT2D eigenvalue weighted by Gasteiger charge is 2.10. The van der Waals surface area contributed by atoms with Crippen molar-refractivity contribution in [1.82, 2.24) is 14.9 Å². The van der Waals surface area contributed by atoms with Gasteiger partial charge in [0.1, 0.15) is 5.69 Å². The zero-order chi connectivity index (χ0) is 18.7. The van der Waals surface area contributed by atoms with Gasteiger partial charge in [0.05, 0.1) is 11.0 Å². The molecule has 0 unspecified atom stereocenters. The smallest absolute Gasteiger partial charge is 0.272 e. The first kappa shape index (κ1) is 18.2. The van der Waals surface area contributed by atoms with Crippen LogP contribution in [0.15, 0.2) is 52.2 Å². The quantitative estimate of drug-likeness (QED) is 0.704. The van der Waals surface area contributed by atoms with E-state index in [9.17, 15) is 9.59 Å². The summed E-state index contributed by atoms with van der Waals surface area (Å²) in [7, 11) is 1.71. The number of benzene rings is 2. The maximum atomic E-state index is 12.4. The van der Waals surface area contributed by atoms with Gasteiger partial charge in [-0.15, -0.1) is 11.8 Å². The van der Waals surface area contributed by atoms with E-state index < -0.39 is 0 Å². The first-order chi connectivity index (χ1) is 12.5. The average Bonchev–Trinajstić information content (AvgIpc) is 2.66. The Labute approximate surface area is 156 Å². The normalized spacial score (nSPS) is 10.9. The van der Waals surface area contributed by atoms with Gasteiger partial charge in [-0.25, -0.2) is 4.98 Å². The monoisotopic (exact) mass is 367 g/mol. The summed E-state index contributed by atoms with van der Waals surface area (Å²) in [4.78, 5) is 29.9. The number of aromatic nitrogens is 2. The van der Waals surface area contributed by atoms with Gasteiger partial charge >= 0.3 is 0 Å². The molecule has 0 saturated carbocycles. The first-order valence-corrected chi connectivity index (χ1v) is 9.60. The summed E-state index contributed by atoms with van der Waals surface area (Å²) in [5.74, 6) is -0.138. The Bertz CT molecular complexity index is 1010. The van der Waals surface area contributed by atoms with Gasteiger partial charge in [0.15, 0.2) is 0 Å². The molecule has 1 amide bonds. The summed E-state index contributed by atoms with van der Waals surface area (Å²) < 4.78 is 1.55.